The highest BCUT2D eigenvalue weighted by Crippen LogP contribution is 2.16. The quantitative estimate of drug-likeness (QED) is 0.531. The van der Waals surface area contributed by atoms with Crippen LogP contribution in [0.4, 0.5) is 0 Å². The average Bonchev–Trinajstić information content (AvgIpc) is 2.60. The van der Waals surface area contributed by atoms with Gasteiger partial charge in [-0.3, -0.25) is 0 Å². The molecule has 1 rings (SSSR count). The van der Waals surface area contributed by atoms with Gasteiger partial charge in [0.05, 0.1) is 12.6 Å². The van der Waals surface area contributed by atoms with Gasteiger partial charge in [-0.05, 0) is 31.2 Å². The predicted octanol–water partition coefficient (Wildman–Crippen LogP) is 1.38. The second-order valence-electron chi connectivity index (χ2n) is 3.05. The molecule has 0 aliphatic rings. The van der Waals surface area contributed by atoms with Gasteiger partial charge in [0.1, 0.15) is 0 Å². The normalized spacial score (nSPS) is 11.1. The third-order valence-electron chi connectivity index (χ3n) is 1.61. The third-order valence-corrected chi connectivity index (χ3v) is 2.51. The van der Waals surface area contributed by atoms with E-state index in [0.29, 0.717) is 6.04 Å². The first kappa shape index (κ1) is 11.5. The van der Waals surface area contributed by atoms with E-state index in [1.807, 2.05) is 11.6 Å². The van der Waals surface area contributed by atoms with Crippen molar-refractivity contribution < 1.29 is 4.74 Å². The number of rotatable bonds is 6. The van der Waals surface area contributed by atoms with Crippen molar-refractivity contribution in [3.63, 3.8) is 0 Å². The largest absolute Gasteiger partial charge is 0.381 e. The number of thioether (sulfide) groups is 1. The number of tetrazole rings is 1. The summed E-state index contributed by atoms with van der Waals surface area (Å²) >= 11 is 1.62. The fourth-order valence-electron chi connectivity index (χ4n) is 0.941. The van der Waals surface area contributed by atoms with E-state index in [1.165, 1.54) is 0 Å². The van der Waals surface area contributed by atoms with Crippen LogP contribution in [0.5, 0.6) is 0 Å². The molecule has 6 heteroatoms. The van der Waals surface area contributed by atoms with Crippen LogP contribution in [0.1, 0.15) is 26.8 Å². The first-order chi connectivity index (χ1) is 6.75. The van der Waals surface area contributed by atoms with E-state index in [9.17, 15) is 0 Å². The molecule has 80 valence electrons. The fraction of sp³-hybridized carbons (Fsp3) is 0.875. The molecular formula is C8H16N4OS. The molecule has 0 aliphatic heterocycles. The minimum Gasteiger partial charge on any atom is -0.381 e. The standard InChI is InChI=1S/C8H16N4OS/c1-4-13-5-6-14-8-9-10-11-12(8)7(2)3/h7H,4-6H2,1-3H3. The second-order valence-corrected chi connectivity index (χ2v) is 4.11. The highest BCUT2D eigenvalue weighted by molar-refractivity contribution is 7.99. The molecule has 0 radical (unpaired) electrons. The van der Waals surface area contributed by atoms with Gasteiger partial charge in [0.2, 0.25) is 5.16 Å². The lowest BCUT2D eigenvalue weighted by Crippen LogP contribution is -2.06. The molecule has 0 bridgehead atoms. The predicted molar refractivity (Wildman–Crippen MR) is 55.4 cm³/mol. The Balaban J connectivity index is 2.38. The van der Waals surface area contributed by atoms with E-state index in [4.69, 9.17) is 4.74 Å². The lowest BCUT2D eigenvalue weighted by Gasteiger charge is -2.06. The van der Waals surface area contributed by atoms with Crippen LogP contribution in [0.15, 0.2) is 5.16 Å². The van der Waals surface area contributed by atoms with Gasteiger partial charge in [-0.25, -0.2) is 4.68 Å². The molecule has 1 aromatic heterocycles. The van der Waals surface area contributed by atoms with E-state index in [1.54, 1.807) is 11.8 Å². The van der Waals surface area contributed by atoms with Crippen LogP contribution in [0.2, 0.25) is 0 Å². The summed E-state index contributed by atoms with van der Waals surface area (Å²) in [6, 6.07) is 0.305. The highest BCUT2D eigenvalue weighted by atomic mass is 32.2. The molecule has 0 spiro atoms. The molecule has 14 heavy (non-hydrogen) atoms. The van der Waals surface area contributed by atoms with E-state index < -0.39 is 0 Å². The molecule has 0 saturated carbocycles. The van der Waals surface area contributed by atoms with E-state index in [0.717, 1.165) is 24.1 Å². The van der Waals surface area contributed by atoms with Crippen molar-refractivity contribution in [1.82, 2.24) is 20.2 Å². The Morgan fingerprint density at radius 1 is 1.50 bits per heavy atom. The summed E-state index contributed by atoms with van der Waals surface area (Å²) in [6.07, 6.45) is 0. The Morgan fingerprint density at radius 3 is 2.93 bits per heavy atom. The molecule has 0 aliphatic carbocycles. The summed E-state index contributed by atoms with van der Waals surface area (Å²) in [7, 11) is 0. The third kappa shape index (κ3) is 3.26. The summed E-state index contributed by atoms with van der Waals surface area (Å²) < 4.78 is 7.05. The van der Waals surface area contributed by atoms with E-state index >= 15 is 0 Å². The van der Waals surface area contributed by atoms with Crippen LogP contribution in [-0.2, 0) is 4.74 Å². The summed E-state index contributed by atoms with van der Waals surface area (Å²) in [6.45, 7) is 7.61. The van der Waals surface area contributed by atoms with Gasteiger partial charge in [-0.15, -0.1) is 5.10 Å². The Bertz CT molecular complexity index is 264. The van der Waals surface area contributed by atoms with Crippen molar-refractivity contribution >= 4 is 11.8 Å². The molecule has 0 aromatic carbocycles. The second kappa shape index (κ2) is 5.98. The summed E-state index contributed by atoms with van der Waals surface area (Å²) in [5, 5.41) is 12.4. The van der Waals surface area contributed by atoms with Crippen molar-refractivity contribution in [2.24, 2.45) is 0 Å². The molecule has 0 unspecified atom stereocenters. The number of aromatic nitrogens is 4. The topological polar surface area (TPSA) is 52.8 Å². The Labute approximate surface area is 88.2 Å². The Morgan fingerprint density at radius 2 is 2.29 bits per heavy atom. The van der Waals surface area contributed by atoms with Crippen LogP contribution in [-0.4, -0.2) is 39.2 Å². The molecule has 0 fully saturated rings. The number of nitrogens with zero attached hydrogens (tertiary/aromatic N) is 4. The lowest BCUT2D eigenvalue weighted by atomic mass is 10.4. The minimum atomic E-state index is 0.305. The van der Waals surface area contributed by atoms with Gasteiger partial charge in [-0.2, -0.15) is 0 Å². The van der Waals surface area contributed by atoms with Gasteiger partial charge in [0, 0.05) is 12.4 Å². The van der Waals surface area contributed by atoms with Crippen LogP contribution in [0, 0.1) is 0 Å². The zero-order valence-electron chi connectivity index (χ0n) is 8.80. The monoisotopic (exact) mass is 216 g/mol. The van der Waals surface area contributed by atoms with Gasteiger partial charge < -0.3 is 4.74 Å². The smallest absolute Gasteiger partial charge is 0.209 e. The molecule has 1 heterocycles. The molecule has 0 atom stereocenters. The molecular weight excluding hydrogens is 200 g/mol. The summed E-state index contributed by atoms with van der Waals surface area (Å²) in [4.78, 5) is 0. The number of hydrogen-bond donors (Lipinski definition) is 0. The van der Waals surface area contributed by atoms with Gasteiger partial charge in [0.15, 0.2) is 0 Å². The molecule has 0 saturated heterocycles. The van der Waals surface area contributed by atoms with E-state index in [-0.39, 0.29) is 0 Å². The molecule has 5 nitrogen and oxygen atoms in total. The maximum atomic E-state index is 5.23. The Hall–Kier alpha value is -0.620. The van der Waals surface area contributed by atoms with Crippen LogP contribution < -0.4 is 0 Å². The summed E-state index contributed by atoms with van der Waals surface area (Å²) in [5.41, 5.74) is 0. The van der Waals surface area contributed by atoms with Gasteiger partial charge >= 0.3 is 0 Å². The number of hydrogen-bond acceptors (Lipinski definition) is 5. The zero-order valence-corrected chi connectivity index (χ0v) is 9.62. The maximum Gasteiger partial charge on any atom is 0.209 e. The molecule has 1 aromatic rings. The van der Waals surface area contributed by atoms with Crippen molar-refractivity contribution in [2.45, 2.75) is 32.0 Å². The van der Waals surface area contributed by atoms with E-state index in [2.05, 4.69) is 29.4 Å². The summed E-state index contributed by atoms with van der Waals surface area (Å²) in [5.74, 6) is 0.890. The van der Waals surface area contributed by atoms with Crippen molar-refractivity contribution in [2.75, 3.05) is 19.0 Å². The Kier molecular flexibility index (Phi) is 4.89. The van der Waals surface area contributed by atoms with Crippen LogP contribution >= 0.6 is 11.8 Å². The zero-order chi connectivity index (χ0) is 10.4. The molecule has 0 amide bonds. The number of ether oxygens (including phenoxy) is 1. The first-order valence-corrected chi connectivity index (χ1v) is 5.72. The van der Waals surface area contributed by atoms with Crippen LogP contribution in [0.3, 0.4) is 0 Å². The average molecular weight is 216 g/mol. The highest BCUT2D eigenvalue weighted by Gasteiger charge is 2.08. The SMILES string of the molecule is CCOCCSc1nnnn1C(C)C. The molecule has 0 N–H and O–H groups in total. The lowest BCUT2D eigenvalue weighted by molar-refractivity contribution is 0.164. The van der Waals surface area contributed by atoms with Crippen molar-refractivity contribution in [3.05, 3.63) is 0 Å². The van der Waals surface area contributed by atoms with Gasteiger partial charge in [-0.1, -0.05) is 11.8 Å². The van der Waals surface area contributed by atoms with Crippen LogP contribution in [0.25, 0.3) is 0 Å². The van der Waals surface area contributed by atoms with Crippen molar-refractivity contribution in [1.29, 1.82) is 0 Å². The maximum absolute atomic E-state index is 5.23. The van der Waals surface area contributed by atoms with Crippen molar-refractivity contribution in [3.8, 4) is 0 Å². The first-order valence-electron chi connectivity index (χ1n) is 4.74. The minimum absolute atomic E-state index is 0.305. The fourth-order valence-corrected chi connectivity index (χ4v) is 1.80. The van der Waals surface area contributed by atoms with Gasteiger partial charge in [0.25, 0.3) is 0 Å².